The molecule has 146 valence electrons. The Bertz CT molecular complexity index is 795. The van der Waals surface area contributed by atoms with Crippen molar-refractivity contribution in [2.24, 2.45) is 4.99 Å². The van der Waals surface area contributed by atoms with Crippen LogP contribution in [0.2, 0.25) is 0 Å². The zero-order valence-corrected chi connectivity index (χ0v) is 18.3. The van der Waals surface area contributed by atoms with Crippen LogP contribution in [0.3, 0.4) is 0 Å². The summed E-state index contributed by atoms with van der Waals surface area (Å²) in [6.07, 6.45) is 0.880. The van der Waals surface area contributed by atoms with Gasteiger partial charge in [-0.15, -0.1) is 24.0 Å². The molecule has 2 N–H and O–H groups in total. The van der Waals surface area contributed by atoms with E-state index >= 15 is 0 Å². The second kappa shape index (κ2) is 9.39. The van der Waals surface area contributed by atoms with Gasteiger partial charge in [0.05, 0.1) is 12.6 Å². The molecule has 2 aromatic rings. The fourth-order valence-corrected chi connectivity index (χ4v) is 3.17. The molecule has 3 rings (SSSR count). The number of hydrogen-bond donors (Lipinski definition) is 2. The number of aliphatic imine (C=N–C) groups is 1. The van der Waals surface area contributed by atoms with Gasteiger partial charge in [0.2, 0.25) is 0 Å². The van der Waals surface area contributed by atoms with E-state index in [9.17, 15) is 4.39 Å². The average molecular weight is 483 g/mol. The number of ether oxygens (including phenoxy) is 1. The van der Waals surface area contributed by atoms with Crippen LogP contribution in [0.4, 0.5) is 4.39 Å². The third-order valence-corrected chi connectivity index (χ3v) is 4.80. The van der Waals surface area contributed by atoms with Gasteiger partial charge >= 0.3 is 0 Å². The molecule has 0 amide bonds. The molecule has 0 aromatic heterocycles. The fourth-order valence-electron chi connectivity index (χ4n) is 3.17. The van der Waals surface area contributed by atoms with E-state index in [4.69, 9.17) is 4.74 Å². The Hall–Kier alpha value is -1.83. The van der Waals surface area contributed by atoms with Crippen LogP contribution in [0.5, 0.6) is 5.75 Å². The van der Waals surface area contributed by atoms with Crippen molar-refractivity contribution in [2.75, 3.05) is 20.2 Å². The molecule has 0 aliphatic carbocycles. The topological polar surface area (TPSA) is 45.7 Å². The largest absolute Gasteiger partial charge is 0.493 e. The highest BCUT2D eigenvalue weighted by atomic mass is 127. The van der Waals surface area contributed by atoms with E-state index in [-0.39, 0.29) is 41.3 Å². The number of fused-ring (bicyclic) bond motifs is 1. The molecule has 27 heavy (non-hydrogen) atoms. The van der Waals surface area contributed by atoms with Crippen LogP contribution in [0, 0.1) is 5.82 Å². The van der Waals surface area contributed by atoms with Crippen molar-refractivity contribution in [3.05, 3.63) is 65.5 Å². The van der Waals surface area contributed by atoms with Crippen LogP contribution >= 0.6 is 24.0 Å². The Morgan fingerprint density at radius 1 is 1.22 bits per heavy atom. The monoisotopic (exact) mass is 483 g/mol. The average Bonchev–Trinajstić information content (AvgIpc) is 2.65. The molecule has 0 fully saturated rings. The van der Waals surface area contributed by atoms with E-state index in [1.165, 1.54) is 6.07 Å². The summed E-state index contributed by atoms with van der Waals surface area (Å²) in [5.74, 6) is 1.44. The van der Waals surface area contributed by atoms with Crippen molar-refractivity contribution in [2.45, 2.75) is 31.7 Å². The first kappa shape index (κ1) is 21.5. The Labute approximate surface area is 177 Å². The lowest BCUT2D eigenvalue weighted by Gasteiger charge is -2.30. The van der Waals surface area contributed by atoms with E-state index in [0.29, 0.717) is 13.2 Å². The van der Waals surface area contributed by atoms with Crippen LogP contribution in [0.25, 0.3) is 0 Å². The predicted molar refractivity (Wildman–Crippen MR) is 119 cm³/mol. The Kier molecular flexibility index (Phi) is 7.47. The minimum Gasteiger partial charge on any atom is -0.493 e. The quantitative estimate of drug-likeness (QED) is 0.385. The Morgan fingerprint density at radius 3 is 2.74 bits per heavy atom. The molecule has 0 saturated heterocycles. The summed E-state index contributed by atoms with van der Waals surface area (Å²) in [5.41, 5.74) is 1.87. The van der Waals surface area contributed by atoms with Crippen molar-refractivity contribution in [1.82, 2.24) is 10.6 Å². The molecular weight excluding hydrogens is 456 g/mol. The van der Waals surface area contributed by atoms with Crippen molar-refractivity contribution >= 4 is 29.9 Å². The molecule has 0 radical (unpaired) electrons. The van der Waals surface area contributed by atoms with E-state index in [1.807, 2.05) is 24.3 Å². The number of nitrogens with one attached hydrogen (secondary N) is 2. The molecule has 1 aliphatic heterocycles. The van der Waals surface area contributed by atoms with Gasteiger partial charge in [0.25, 0.3) is 0 Å². The highest BCUT2D eigenvalue weighted by Gasteiger charge is 2.24. The van der Waals surface area contributed by atoms with Gasteiger partial charge in [0.15, 0.2) is 5.96 Å². The molecular formula is C21H27FIN3O. The van der Waals surface area contributed by atoms with Gasteiger partial charge in [-0.05, 0) is 23.8 Å². The molecule has 0 spiro atoms. The number of rotatable bonds is 4. The highest BCUT2D eigenvalue weighted by molar-refractivity contribution is 14.0. The van der Waals surface area contributed by atoms with Crippen LogP contribution in [-0.4, -0.2) is 26.2 Å². The van der Waals surface area contributed by atoms with Gasteiger partial charge < -0.3 is 15.4 Å². The smallest absolute Gasteiger partial charge is 0.191 e. The maximum absolute atomic E-state index is 13.5. The number of halogens is 2. The SMILES string of the molecule is CN=C(NCC(C)(C)c1cccc(F)c1)NC1CCOc2ccccc21.I. The van der Waals surface area contributed by atoms with Crippen molar-refractivity contribution in [1.29, 1.82) is 0 Å². The lowest BCUT2D eigenvalue weighted by Crippen LogP contribution is -2.45. The highest BCUT2D eigenvalue weighted by Crippen LogP contribution is 2.31. The minimum absolute atomic E-state index is 0. The van der Waals surface area contributed by atoms with Crippen molar-refractivity contribution in [3.63, 3.8) is 0 Å². The van der Waals surface area contributed by atoms with Crippen LogP contribution in [0.15, 0.2) is 53.5 Å². The van der Waals surface area contributed by atoms with Crippen LogP contribution in [-0.2, 0) is 5.41 Å². The summed E-state index contributed by atoms with van der Waals surface area (Å²) in [7, 11) is 1.76. The lowest BCUT2D eigenvalue weighted by atomic mass is 9.84. The van der Waals surface area contributed by atoms with E-state index in [2.05, 4.69) is 35.5 Å². The van der Waals surface area contributed by atoms with Gasteiger partial charge in [-0.25, -0.2) is 4.39 Å². The molecule has 0 saturated carbocycles. The third kappa shape index (κ3) is 5.34. The molecule has 1 unspecified atom stereocenters. The lowest BCUT2D eigenvalue weighted by molar-refractivity contribution is 0.261. The molecule has 4 nitrogen and oxygen atoms in total. The first-order valence-corrected chi connectivity index (χ1v) is 8.94. The summed E-state index contributed by atoms with van der Waals surface area (Å²) in [6.45, 7) is 5.50. The van der Waals surface area contributed by atoms with Gasteiger partial charge in [-0.1, -0.05) is 44.2 Å². The standard InChI is InChI=1S/C21H26FN3O.HI/c1-21(2,15-7-6-8-16(22)13-15)14-24-20(23-3)25-18-11-12-26-19-10-5-4-9-17(18)19;/h4-10,13,18H,11-12,14H2,1-3H3,(H2,23,24,25);1H. The van der Waals surface area contributed by atoms with Crippen molar-refractivity contribution < 1.29 is 9.13 Å². The maximum atomic E-state index is 13.5. The summed E-state index contributed by atoms with van der Waals surface area (Å²) in [5, 5.41) is 6.86. The summed E-state index contributed by atoms with van der Waals surface area (Å²) < 4.78 is 19.3. The number of benzene rings is 2. The molecule has 0 bridgehead atoms. The predicted octanol–water partition coefficient (Wildman–Crippen LogP) is 4.41. The molecule has 1 atom stereocenters. The van der Waals surface area contributed by atoms with Crippen LogP contribution < -0.4 is 15.4 Å². The summed E-state index contributed by atoms with van der Waals surface area (Å²) >= 11 is 0. The normalized spacial score (nSPS) is 16.6. The number of nitrogens with zero attached hydrogens (tertiary/aromatic N) is 1. The van der Waals surface area contributed by atoms with E-state index < -0.39 is 0 Å². The summed E-state index contributed by atoms with van der Waals surface area (Å²) in [6, 6.07) is 15.0. The maximum Gasteiger partial charge on any atom is 0.191 e. The number of para-hydroxylation sites is 1. The zero-order valence-electron chi connectivity index (χ0n) is 16.0. The molecule has 1 aliphatic rings. The number of hydrogen-bond acceptors (Lipinski definition) is 2. The van der Waals surface area contributed by atoms with Crippen molar-refractivity contribution in [3.8, 4) is 5.75 Å². The molecule has 1 heterocycles. The molecule has 2 aromatic carbocycles. The minimum atomic E-state index is -0.229. The molecule has 6 heteroatoms. The summed E-state index contributed by atoms with van der Waals surface area (Å²) in [4.78, 5) is 4.35. The fraction of sp³-hybridized carbons (Fsp3) is 0.381. The Morgan fingerprint density at radius 2 is 2.00 bits per heavy atom. The van der Waals surface area contributed by atoms with Crippen LogP contribution in [0.1, 0.15) is 37.4 Å². The first-order chi connectivity index (χ1) is 12.5. The van der Waals surface area contributed by atoms with Gasteiger partial charge in [0.1, 0.15) is 11.6 Å². The second-order valence-electron chi connectivity index (χ2n) is 7.19. The van der Waals surface area contributed by atoms with E-state index in [0.717, 1.165) is 29.3 Å². The van der Waals surface area contributed by atoms with Gasteiger partial charge in [-0.3, -0.25) is 4.99 Å². The third-order valence-electron chi connectivity index (χ3n) is 4.80. The Balaban J connectivity index is 0.00000261. The van der Waals surface area contributed by atoms with E-state index in [1.54, 1.807) is 19.2 Å². The number of guanidine groups is 1. The second-order valence-corrected chi connectivity index (χ2v) is 7.19. The zero-order chi connectivity index (χ0) is 18.6. The first-order valence-electron chi connectivity index (χ1n) is 8.94. The van der Waals surface area contributed by atoms with Gasteiger partial charge in [0, 0.05) is 31.0 Å². The van der Waals surface area contributed by atoms with Gasteiger partial charge in [-0.2, -0.15) is 0 Å².